The summed E-state index contributed by atoms with van der Waals surface area (Å²) in [6.07, 6.45) is -1.36. The van der Waals surface area contributed by atoms with Gasteiger partial charge in [-0.2, -0.15) is 18.3 Å². The maximum Gasteiger partial charge on any atom is 0.416 e. The Hall–Kier alpha value is -2.86. The van der Waals surface area contributed by atoms with E-state index >= 15 is 0 Å². The van der Waals surface area contributed by atoms with E-state index in [4.69, 9.17) is 16.3 Å². The average Bonchev–Trinajstić information content (AvgIpc) is 3.35. The number of ether oxygens (including phenoxy) is 1. The summed E-state index contributed by atoms with van der Waals surface area (Å²) in [6.45, 7) is 1.84. The van der Waals surface area contributed by atoms with Crippen LogP contribution in [0.5, 0.6) is 0 Å². The minimum atomic E-state index is -4.54. The van der Waals surface area contributed by atoms with Crippen LogP contribution in [0.1, 0.15) is 16.7 Å². The first kappa shape index (κ1) is 24.8. The van der Waals surface area contributed by atoms with Crippen molar-refractivity contribution in [3.63, 3.8) is 0 Å². The van der Waals surface area contributed by atoms with E-state index in [-0.39, 0.29) is 40.9 Å². The summed E-state index contributed by atoms with van der Waals surface area (Å²) < 4.78 is 47.3. The van der Waals surface area contributed by atoms with E-state index < -0.39 is 11.7 Å². The number of rotatable bonds is 5. The van der Waals surface area contributed by atoms with E-state index in [0.717, 1.165) is 17.8 Å². The number of carbonyl (C=O) groups excluding carboxylic acids is 2. The van der Waals surface area contributed by atoms with Crippen molar-refractivity contribution < 1.29 is 27.5 Å². The maximum atomic E-state index is 13.5. The van der Waals surface area contributed by atoms with Crippen LogP contribution in [-0.2, 0) is 22.3 Å². The molecule has 2 aliphatic heterocycles. The Bertz CT molecular complexity index is 1370. The lowest BCUT2D eigenvalue weighted by atomic mass is 10.1. The van der Waals surface area contributed by atoms with Crippen molar-refractivity contribution in [2.24, 2.45) is 0 Å². The fourth-order valence-corrected chi connectivity index (χ4v) is 5.22. The summed E-state index contributed by atoms with van der Waals surface area (Å²) in [5.41, 5.74) is 0.550. The molecule has 1 aromatic heterocycles. The summed E-state index contributed by atoms with van der Waals surface area (Å²) in [7, 11) is 0. The van der Waals surface area contributed by atoms with Crippen LogP contribution in [0.25, 0.3) is 17.0 Å². The Morgan fingerprint density at radius 2 is 2.06 bits per heavy atom. The van der Waals surface area contributed by atoms with Gasteiger partial charge in [-0.05, 0) is 53.2 Å². The molecule has 2 saturated heterocycles. The number of aromatic nitrogens is 2. The van der Waals surface area contributed by atoms with Crippen molar-refractivity contribution in [1.82, 2.24) is 20.0 Å². The molecule has 0 saturated carbocycles. The molecule has 0 spiro atoms. The Balaban J connectivity index is 1.36. The number of nitrogens with one attached hydrogen (secondary N) is 1. The van der Waals surface area contributed by atoms with E-state index in [2.05, 4.69) is 10.4 Å². The highest BCUT2D eigenvalue weighted by Crippen LogP contribution is 2.35. The van der Waals surface area contributed by atoms with E-state index in [0.29, 0.717) is 41.1 Å². The monoisotopic (exact) mass is 536 g/mol. The predicted molar refractivity (Wildman–Crippen MR) is 131 cm³/mol. The van der Waals surface area contributed by atoms with Gasteiger partial charge in [-0.3, -0.25) is 19.2 Å². The number of fused-ring (bicyclic) bond motifs is 1. The molecule has 7 nitrogen and oxygen atoms in total. The third-order valence-corrected chi connectivity index (χ3v) is 7.08. The van der Waals surface area contributed by atoms with E-state index in [1.807, 2.05) is 0 Å². The molecule has 0 radical (unpaired) electrons. The van der Waals surface area contributed by atoms with Crippen molar-refractivity contribution in [3.05, 3.63) is 69.2 Å². The quantitative estimate of drug-likeness (QED) is 0.473. The first-order valence-corrected chi connectivity index (χ1v) is 12.3. The Kier molecular flexibility index (Phi) is 6.82. The smallest absolute Gasteiger partial charge is 0.378 e. The molecule has 3 heterocycles. The molecule has 0 unspecified atom stereocenters. The summed E-state index contributed by atoms with van der Waals surface area (Å²) in [5.74, 6) is -0.365. The molecule has 1 atom stereocenters. The van der Waals surface area contributed by atoms with Crippen LogP contribution in [0.15, 0.2) is 47.5 Å². The highest BCUT2D eigenvalue weighted by Gasteiger charge is 2.37. The van der Waals surface area contributed by atoms with Crippen molar-refractivity contribution in [1.29, 1.82) is 0 Å². The second kappa shape index (κ2) is 9.89. The molecular weight excluding hydrogens is 517 g/mol. The first-order valence-electron chi connectivity index (χ1n) is 11.1. The lowest BCUT2D eigenvalue weighted by Gasteiger charge is -2.26. The van der Waals surface area contributed by atoms with E-state index in [1.165, 1.54) is 21.7 Å². The third-order valence-electron chi connectivity index (χ3n) is 5.94. The topological polar surface area (TPSA) is 76.5 Å². The Morgan fingerprint density at radius 3 is 2.81 bits per heavy atom. The van der Waals surface area contributed by atoms with Gasteiger partial charge in [0.2, 0.25) is 0 Å². The van der Waals surface area contributed by atoms with Gasteiger partial charge >= 0.3 is 6.18 Å². The molecule has 188 valence electrons. The second-order valence-corrected chi connectivity index (χ2v) is 9.87. The molecule has 3 aromatic rings. The first-order chi connectivity index (χ1) is 17.2. The van der Waals surface area contributed by atoms with Gasteiger partial charge in [0.15, 0.2) is 0 Å². The van der Waals surface area contributed by atoms with Gasteiger partial charge in [-0.25, -0.2) is 0 Å². The van der Waals surface area contributed by atoms with Gasteiger partial charge in [0.25, 0.3) is 11.1 Å². The Morgan fingerprint density at radius 1 is 1.22 bits per heavy atom. The fourth-order valence-electron chi connectivity index (χ4n) is 4.20. The van der Waals surface area contributed by atoms with Gasteiger partial charge in [-0.1, -0.05) is 23.7 Å². The number of benzene rings is 2. The summed E-state index contributed by atoms with van der Waals surface area (Å²) in [5, 5.41) is 7.84. The average molecular weight is 537 g/mol. The van der Waals surface area contributed by atoms with Gasteiger partial charge in [0, 0.05) is 29.5 Å². The number of nitrogens with zero attached hydrogens (tertiary/aromatic N) is 3. The normalized spacial score (nSPS) is 20.2. The number of hydrogen-bond donors (Lipinski definition) is 1. The van der Waals surface area contributed by atoms with Gasteiger partial charge < -0.3 is 10.1 Å². The SMILES string of the molecule is O=C1S/C(=C\c2ccc3c(cnn3Cc3ccc(Cl)cc3C(F)(F)F)c2)C(=O)N1C[C@@H]1COCCN1. The summed E-state index contributed by atoms with van der Waals surface area (Å²) in [4.78, 5) is 26.8. The molecule has 36 heavy (non-hydrogen) atoms. The van der Waals surface area contributed by atoms with Crippen molar-refractivity contribution in [3.8, 4) is 0 Å². The van der Waals surface area contributed by atoms with Gasteiger partial charge in [0.05, 0.1) is 41.9 Å². The molecular formula is C24H20ClF3N4O3S. The van der Waals surface area contributed by atoms with Gasteiger partial charge in [0.1, 0.15) is 0 Å². The lowest BCUT2D eigenvalue weighted by molar-refractivity contribution is -0.138. The zero-order valence-electron chi connectivity index (χ0n) is 18.7. The number of hydrogen-bond acceptors (Lipinski definition) is 6. The second-order valence-electron chi connectivity index (χ2n) is 8.44. The molecule has 2 aliphatic rings. The molecule has 0 bridgehead atoms. The lowest BCUT2D eigenvalue weighted by Crippen LogP contribution is -2.49. The number of amides is 2. The molecule has 2 fully saturated rings. The molecule has 0 aliphatic carbocycles. The zero-order valence-corrected chi connectivity index (χ0v) is 20.3. The standard InChI is InChI=1S/C24H20ClF3N4O3S/c25-17-3-2-15(19(9-17)24(26,27)28)11-32-20-4-1-14(7-16(20)10-30-32)8-21-22(33)31(23(34)36-21)12-18-13-35-6-5-29-18/h1-4,7-10,18,29H,5-6,11-13H2/b21-8-/t18-/m1/s1. The molecule has 1 N–H and O–H groups in total. The summed E-state index contributed by atoms with van der Waals surface area (Å²) >= 11 is 6.65. The molecule has 12 heteroatoms. The highest BCUT2D eigenvalue weighted by atomic mass is 35.5. The van der Waals surface area contributed by atoms with Crippen LogP contribution in [0.3, 0.4) is 0 Å². The van der Waals surface area contributed by atoms with Gasteiger partial charge in [-0.15, -0.1) is 0 Å². The third kappa shape index (κ3) is 5.15. The van der Waals surface area contributed by atoms with Crippen LogP contribution in [-0.4, -0.2) is 58.2 Å². The zero-order chi connectivity index (χ0) is 25.4. The van der Waals surface area contributed by atoms with Crippen LogP contribution < -0.4 is 5.32 Å². The minimum absolute atomic E-state index is 0.00814. The Labute approximate surface area is 213 Å². The number of imide groups is 1. The van der Waals surface area contributed by atoms with Crippen LogP contribution >= 0.6 is 23.4 Å². The number of carbonyl (C=O) groups is 2. The number of morpholine rings is 1. The van der Waals surface area contributed by atoms with Crippen molar-refractivity contribution in [2.45, 2.75) is 18.8 Å². The number of alkyl halides is 3. The van der Waals surface area contributed by atoms with Crippen molar-refractivity contribution >= 4 is 51.5 Å². The molecule has 2 aromatic carbocycles. The number of halogens is 4. The number of thioether (sulfide) groups is 1. The van der Waals surface area contributed by atoms with E-state index in [1.54, 1.807) is 30.5 Å². The summed E-state index contributed by atoms with van der Waals surface area (Å²) in [6, 6.07) is 8.80. The highest BCUT2D eigenvalue weighted by molar-refractivity contribution is 8.18. The minimum Gasteiger partial charge on any atom is -0.378 e. The molecule has 5 rings (SSSR count). The maximum absolute atomic E-state index is 13.5. The largest absolute Gasteiger partial charge is 0.416 e. The van der Waals surface area contributed by atoms with Crippen LogP contribution in [0.4, 0.5) is 18.0 Å². The molecule has 2 amide bonds. The van der Waals surface area contributed by atoms with Crippen LogP contribution in [0.2, 0.25) is 5.02 Å². The van der Waals surface area contributed by atoms with E-state index in [9.17, 15) is 22.8 Å². The predicted octanol–water partition coefficient (Wildman–Crippen LogP) is 4.78. The fraction of sp³-hybridized carbons (Fsp3) is 0.292. The van der Waals surface area contributed by atoms with Crippen molar-refractivity contribution in [2.75, 3.05) is 26.3 Å². The van der Waals surface area contributed by atoms with Crippen LogP contribution in [0, 0.1) is 0 Å².